The first kappa shape index (κ1) is 16.0. The smallest absolute Gasteiger partial charge is 0.142 e. The van der Waals surface area contributed by atoms with Crippen molar-refractivity contribution < 1.29 is 4.39 Å². The van der Waals surface area contributed by atoms with Crippen molar-refractivity contribution in [2.75, 3.05) is 5.32 Å². The first-order valence-corrected chi connectivity index (χ1v) is 8.25. The molecule has 0 aliphatic heterocycles. The molecule has 0 saturated heterocycles. The number of nitrogens with one attached hydrogen (secondary N) is 2. The van der Waals surface area contributed by atoms with Gasteiger partial charge in [0.2, 0.25) is 0 Å². The van der Waals surface area contributed by atoms with Crippen molar-refractivity contribution in [1.82, 2.24) is 9.97 Å². The van der Waals surface area contributed by atoms with E-state index in [0.29, 0.717) is 11.6 Å². The van der Waals surface area contributed by atoms with Gasteiger partial charge in [0, 0.05) is 23.7 Å². The molecule has 23 heavy (non-hydrogen) atoms. The molecule has 5 heteroatoms. The molecule has 124 valence electrons. The molecular formula is C18H25FN4. The van der Waals surface area contributed by atoms with E-state index in [1.807, 2.05) is 13.1 Å². The lowest BCUT2D eigenvalue weighted by Crippen LogP contribution is -2.44. The second kappa shape index (κ2) is 6.32. The van der Waals surface area contributed by atoms with Crippen molar-refractivity contribution in [3.63, 3.8) is 0 Å². The number of H-pyrrole nitrogens is 1. The summed E-state index contributed by atoms with van der Waals surface area (Å²) in [6.45, 7) is 6.46. The average molecular weight is 316 g/mol. The SMILES string of the molecule is CC1=C(C)CC(C(Nc2c[nH]c3ncc(F)cc23)C(C)N)CC1. The lowest BCUT2D eigenvalue weighted by molar-refractivity contribution is 0.359. The zero-order valence-corrected chi connectivity index (χ0v) is 14.0. The molecule has 0 saturated carbocycles. The Hall–Kier alpha value is -1.88. The molecule has 2 aromatic heterocycles. The fraction of sp³-hybridized carbons (Fsp3) is 0.500. The number of halogens is 1. The van der Waals surface area contributed by atoms with Gasteiger partial charge in [0.25, 0.3) is 0 Å². The number of aromatic nitrogens is 2. The van der Waals surface area contributed by atoms with Gasteiger partial charge in [0.1, 0.15) is 11.5 Å². The van der Waals surface area contributed by atoms with Gasteiger partial charge in [-0.1, -0.05) is 11.1 Å². The van der Waals surface area contributed by atoms with Crippen LogP contribution >= 0.6 is 0 Å². The molecule has 2 aromatic rings. The zero-order valence-electron chi connectivity index (χ0n) is 14.0. The highest BCUT2D eigenvalue weighted by Crippen LogP contribution is 2.34. The van der Waals surface area contributed by atoms with E-state index >= 15 is 0 Å². The Kier molecular flexibility index (Phi) is 4.39. The van der Waals surface area contributed by atoms with E-state index in [1.54, 1.807) is 0 Å². The van der Waals surface area contributed by atoms with Crippen molar-refractivity contribution in [3.05, 3.63) is 35.4 Å². The molecule has 1 aliphatic carbocycles. The number of aromatic amines is 1. The molecule has 0 radical (unpaired) electrons. The highest BCUT2D eigenvalue weighted by Gasteiger charge is 2.28. The summed E-state index contributed by atoms with van der Waals surface area (Å²) >= 11 is 0. The Balaban J connectivity index is 1.86. The maximum atomic E-state index is 13.5. The van der Waals surface area contributed by atoms with Crippen molar-refractivity contribution in [2.24, 2.45) is 11.7 Å². The van der Waals surface area contributed by atoms with E-state index in [0.717, 1.165) is 30.3 Å². The number of anilines is 1. The van der Waals surface area contributed by atoms with Crippen molar-refractivity contribution in [1.29, 1.82) is 0 Å². The molecule has 0 amide bonds. The lowest BCUT2D eigenvalue weighted by Gasteiger charge is -2.35. The number of nitrogens with zero attached hydrogens (tertiary/aromatic N) is 1. The summed E-state index contributed by atoms with van der Waals surface area (Å²) in [4.78, 5) is 7.17. The quantitative estimate of drug-likeness (QED) is 0.748. The van der Waals surface area contributed by atoms with Gasteiger partial charge in [-0.15, -0.1) is 0 Å². The largest absolute Gasteiger partial charge is 0.379 e. The van der Waals surface area contributed by atoms with Crippen LogP contribution in [0, 0.1) is 11.7 Å². The third kappa shape index (κ3) is 3.24. The van der Waals surface area contributed by atoms with E-state index in [4.69, 9.17) is 5.73 Å². The van der Waals surface area contributed by atoms with Gasteiger partial charge in [-0.2, -0.15) is 0 Å². The van der Waals surface area contributed by atoms with Crippen LogP contribution in [0.25, 0.3) is 11.0 Å². The fourth-order valence-electron chi connectivity index (χ4n) is 3.55. The third-order valence-corrected chi connectivity index (χ3v) is 5.08. The van der Waals surface area contributed by atoms with Gasteiger partial charge in [0.05, 0.1) is 11.9 Å². The lowest BCUT2D eigenvalue weighted by atomic mass is 9.79. The second-order valence-corrected chi connectivity index (χ2v) is 6.84. The number of allylic oxidation sites excluding steroid dienone is 2. The Morgan fingerprint density at radius 1 is 1.39 bits per heavy atom. The van der Waals surface area contributed by atoms with Crippen LogP contribution in [0.2, 0.25) is 0 Å². The third-order valence-electron chi connectivity index (χ3n) is 5.08. The molecule has 0 aromatic carbocycles. The minimum atomic E-state index is -0.329. The van der Waals surface area contributed by atoms with Crippen LogP contribution in [0.3, 0.4) is 0 Å². The average Bonchev–Trinajstić information content (AvgIpc) is 2.89. The summed E-state index contributed by atoms with van der Waals surface area (Å²) < 4.78 is 13.5. The summed E-state index contributed by atoms with van der Waals surface area (Å²) in [5.41, 5.74) is 10.8. The minimum absolute atomic E-state index is 0.0117. The van der Waals surface area contributed by atoms with Crippen molar-refractivity contribution in [3.8, 4) is 0 Å². The summed E-state index contributed by atoms with van der Waals surface area (Å²) in [5, 5.41) is 4.32. The van der Waals surface area contributed by atoms with Crippen LogP contribution in [-0.4, -0.2) is 22.1 Å². The van der Waals surface area contributed by atoms with E-state index < -0.39 is 0 Å². The molecule has 3 atom stereocenters. The maximum Gasteiger partial charge on any atom is 0.142 e. The molecule has 3 rings (SSSR count). The molecule has 3 unspecified atom stereocenters. The zero-order chi connectivity index (χ0) is 16.6. The second-order valence-electron chi connectivity index (χ2n) is 6.84. The number of fused-ring (bicyclic) bond motifs is 1. The number of nitrogens with two attached hydrogens (primary N) is 1. The highest BCUT2D eigenvalue weighted by atomic mass is 19.1. The standard InChI is InChI=1S/C18H25FN4/c1-10-4-5-13(6-11(10)2)17(12(3)20)23-16-9-22-18-15(16)7-14(19)8-21-18/h7-9,12-13,17,23H,4-6,20H2,1-3H3,(H,21,22). The van der Waals surface area contributed by atoms with Gasteiger partial charge >= 0.3 is 0 Å². The molecule has 1 aliphatic rings. The first-order valence-electron chi connectivity index (χ1n) is 8.25. The molecule has 0 fully saturated rings. The van der Waals surface area contributed by atoms with Crippen molar-refractivity contribution >= 4 is 16.7 Å². The van der Waals surface area contributed by atoms with Crippen LogP contribution in [-0.2, 0) is 0 Å². The number of hydrogen-bond acceptors (Lipinski definition) is 3. The molecule has 4 nitrogen and oxygen atoms in total. The number of hydrogen-bond donors (Lipinski definition) is 3. The molecule has 4 N–H and O–H groups in total. The minimum Gasteiger partial charge on any atom is -0.379 e. The highest BCUT2D eigenvalue weighted by molar-refractivity contribution is 5.90. The Labute approximate surface area is 136 Å². The van der Waals surface area contributed by atoms with Crippen LogP contribution in [0.5, 0.6) is 0 Å². The van der Waals surface area contributed by atoms with E-state index in [-0.39, 0.29) is 17.9 Å². The number of rotatable bonds is 4. The van der Waals surface area contributed by atoms with Crippen LogP contribution in [0.15, 0.2) is 29.6 Å². The predicted molar refractivity (Wildman–Crippen MR) is 92.8 cm³/mol. The summed E-state index contributed by atoms with van der Waals surface area (Å²) in [6, 6.07) is 1.67. The monoisotopic (exact) mass is 316 g/mol. The summed E-state index contributed by atoms with van der Waals surface area (Å²) in [6.07, 6.45) is 6.41. The van der Waals surface area contributed by atoms with Crippen molar-refractivity contribution in [2.45, 2.75) is 52.1 Å². The van der Waals surface area contributed by atoms with Gasteiger partial charge in [-0.25, -0.2) is 9.37 Å². The first-order chi connectivity index (χ1) is 11.0. The maximum absolute atomic E-state index is 13.5. The van der Waals surface area contributed by atoms with E-state index in [9.17, 15) is 4.39 Å². The fourth-order valence-corrected chi connectivity index (χ4v) is 3.55. The van der Waals surface area contributed by atoms with E-state index in [2.05, 4.69) is 29.1 Å². The molecule has 2 heterocycles. The van der Waals surface area contributed by atoms with Gasteiger partial charge in [0.15, 0.2) is 0 Å². The van der Waals surface area contributed by atoms with Gasteiger partial charge in [-0.05, 0) is 52.0 Å². The van der Waals surface area contributed by atoms with Gasteiger partial charge in [-0.3, -0.25) is 0 Å². The topological polar surface area (TPSA) is 66.7 Å². The van der Waals surface area contributed by atoms with E-state index in [1.165, 1.54) is 23.4 Å². The summed E-state index contributed by atoms with van der Waals surface area (Å²) in [5.74, 6) is 0.162. The van der Waals surface area contributed by atoms with Crippen LogP contribution in [0.4, 0.5) is 10.1 Å². The Bertz CT molecular complexity index is 732. The van der Waals surface area contributed by atoms with Crippen LogP contribution < -0.4 is 11.1 Å². The molecule has 0 spiro atoms. The molecule has 0 bridgehead atoms. The Morgan fingerprint density at radius 2 is 2.17 bits per heavy atom. The summed E-state index contributed by atoms with van der Waals surface area (Å²) in [7, 11) is 0. The molecular weight excluding hydrogens is 291 g/mol. The Morgan fingerprint density at radius 3 is 2.87 bits per heavy atom. The van der Waals surface area contributed by atoms with Crippen LogP contribution in [0.1, 0.15) is 40.0 Å². The predicted octanol–water partition coefficient (Wildman–Crippen LogP) is 3.97. The van der Waals surface area contributed by atoms with Gasteiger partial charge < -0.3 is 16.0 Å². The number of pyridine rings is 1. The normalized spacial score (nSPS) is 21.5.